The molecule has 6 nitrogen and oxygen atoms in total. The van der Waals surface area contributed by atoms with Gasteiger partial charge in [0.05, 0.1) is 16.8 Å². The summed E-state index contributed by atoms with van der Waals surface area (Å²) in [7, 11) is 0. The van der Waals surface area contributed by atoms with Gasteiger partial charge >= 0.3 is 11.9 Å². The number of hydrogen-bond donors (Lipinski definition) is 2. The van der Waals surface area contributed by atoms with Crippen molar-refractivity contribution < 1.29 is 13.2 Å². The third-order valence-corrected chi connectivity index (χ3v) is 3.77. The fourth-order valence-corrected chi connectivity index (χ4v) is 2.49. The molecular formula is C18H12F3N5O. The van der Waals surface area contributed by atoms with Crippen LogP contribution in [0.1, 0.15) is 22.4 Å². The van der Waals surface area contributed by atoms with Gasteiger partial charge in [0.1, 0.15) is 11.9 Å². The van der Waals surface area contributed by atoms with Crippen LogP contribution in [0.5, 0.6) is 0 Å². The second-order valence-corrected chi connectivity index (χ2v) is 5.51. The summed E-state index contributed by atoms with van der Waals surface area (Å²) in [6.07, 6.45) is 1.91. The highest BCUT2D eigenvalue weighted by molar-refractivity contribution is 5.77. The quantitative estimate of drug-likeness (QED) is 0.738. The van der Waals surface area contributed by atoms with Gasteiger partial charge in [-0.3, -0.25) is 0 Å². The summed E-state index contributed by atoms with van der Waals surface area (Å²) in [4.78, 5) is 18.8. The lowest BCUT2D eigenvalue weighted by molar-refractivity contribution is -0.137. The van der Waals surface area contributed by atoms with Crippen molar-refractivity contribution in [3.05, 3.63) is 75.6 Å². The Kier molecular flexibility index (Phi) is 4.56. The summed E-state index contributed by atoms with van der Waals surface area (Å²) in [6, 6.07) is 7.69. The molecule has 3 aromatic rings. The van der Waals surface area contributed by atoms with Crippen molar-refractivity contribution in [3.8, 4) is 11.8 Å². The number of nitriles is 1. The Balaban J connectivity index is 2.19. The Morgan fingerprint density at radius 3 is 2.67 bits per heavy atom. The molecule has 0 fully saturated rings. The third kappa shape index (κ3) is 3.59. The number of halogens is 3. The molecule has 0 aliphatic heterocycles. The van der Waals surface area contributed by atoms with Gasteiger partial charge in [0.25, 0.3) is 0 Å². The predicted molar refractivity (Wildman–Crippen MR) is 93.7 cm³/mol. The monoisotopic (exact) mass is 371 g/mol. The van der Waals surface area contributed by atoms with E-state index < -0.39 is 17.4 Å². The van der Waals surface area contributed by atoms with E-state index in [0.29, 0.717) is 0 Å². The van der Waals surface area contributed by atoms with E-state index in [4.69, 9.17) is 5.73 Å². The van der Waals surface area contributed by atoms with E-state index in [9.17, 15) is 23.2 Å². The zero-order valence-corrected chi connectivity index (χ0v) is 13.7. The molecule has 3 rings (SSSR count). The van der Waals surface area contributed by atoms with E-state index in [2.05, 4.69) is 9.97 Å². The van der Waals surface area contributed by atoms with Crippen LogP contribution < -0.4 is 11.4 Å². The smallest absolute Gasteiger partial charge is 0.384 e. The number of rotatable bonds is 3. The van der Waals surface area contributed by atoms with Crippen molar-refractivity contribution in [2.24, 2.45) is 0 Å². The van der Waals surface area contributed by atoms with E-state index in [1.54, 1.807) is 30.6 Å². The fraction of sp³-hybridized carbons (Fsp3) is 0.0556. The molecule has 0 atom stereocenters. The molecule has 0 saturated heterocycles. The maximum absolute atomic E-state index is 13.0. The van der Waals surface area contributed by atoms with Crippen LogP contribution in [0.2, 0.25) is 0 Å². The first kappa shape index (κ1) is 18.0. The lowest BCUT2D eigenvalue weighted by Crippen LogP contribution is -2.26. The molecule has 3 N–H and O–H groups in total. The van der Waals surface area contributed by atoms with Crippen LogP contribution in [0.15, 0.2) is 47.5 Å². The molecule has 0 spiro atoms. The summed E-state index contributed by atoms with van der Waals surface area (Å²) >= 11 is 0. The third-order valence-electron chi connectivity index (χ3n) is 3.77. The van der Waals surface area contributed by atoms with Crippen molar-refractivity contribution in [2.45, 2.75) is 6.18 Å². The number of H-pyrrole nitrogens is 1. The van der Waals surface area contributed by atoms with Crippen LogP contribution in [-0.4, -0.2) is 14.5 Å². The van der Waals surface area contributed by atoms with E-state index in [0.717, 1.165) is 28.3 Å². The molecular weight excluding hydrogens is 359 g/mol. The van der Waals surface area contributed by atoms with Crippen LogP contribution in [0.25, 0.3) is 17.8 Å². The van der Waals surface area contributed by atoms with Crippen LogP contribution in [0.4, 0.5) is 19.0 Å². The first-order valence-corrected chi connectivity index (χ1v) is 7.62. The van der Waals surface area contributed by atoms with Gasteiger partial charge < -0.3 is 10.7 Å². The lowest BCUT2D eigenvalue weighted by Gasteiger charge is -2.14. The van der Waals surface area contributed by atoms with Crippen molar-refractivity contribution in [1.29, 1.82) is 5.26 Å². The van der Waals surface area contributed by atoms with Crippen molar-refractivity contribution in [2.75, 3.05) is 5.73 Å². The Morgan fingerprint density at radius 1 is 1.26 bits per heavy atom. The highest BCUT2D eigenvalue weighted by atomic mass is 19.4. The average molecular weight is 371 g/mol. The Hall–Kier alpha value is -3.80. The standard InChI is InChI=1S/C18H12F3N5O/c19-18(20,21)12-2-1-3-13(8-12)26-16(23)14(15(9-22)25-17(26)27)5-4-11-6-7-24-10-11/h1-8,10,24H,23H2/b5-4+. The van der Waals surface area contributed by atoms with Gasteiger partial charge in [-0.25, -0.2) is 9.36 Å². The van der Waals surface area contributed by atoms with Crippen molar-refractivity contribution in [1.82, 2.24) is 14.5 Å². The Bertz CT molecular complexity index is 1110. The summed E-state index contributed by atoms with van der Waals surface area (Å²) in [5.41, 5.74) is 4.75. The SMILES string of the molecule is N#Cc1nc(=O)n(-c2cccc(C(F)(F)F)c2)c(N)c1/C=C/c1cc[nH]c1. The highest BCUT2D eigenvalue weighted by Crippen LogP contribution is 2.30. The molecule has 2 aromatic heterocycles. The minimum absolute atomic E-state index is 0.0967. The predicted octanol–water partition coefficient (Wildman–Crippen LogP) is 3.20. The molecule has 0 amide bonds. The van der Waals surface area contributed by atoms with Crippen molar-refractivity contribution in [3.63, 3.8) is 0 Å². The number of hydrogen-bond acceptors (Lipinski definition) is 4. The summed E-state index contributed by atoms with van der Waals surface area (Å²) in [6.45, 7) is 0. The van der Waals surface area contributed by atoms with Gasteiger partial charge in [-0.2, -0.15) is 23.4 Å². The largest absolute Gasteiger partial charge is 0.416 e. The minimum atomic E-state index is -4.58. The van der Waals surface area contributed by atoms with Gasteiger partial charge in [0.2, 0.25) is 0 Å². The zero-order chi connectivity index (χ0) is 19.6. The van der Waals surface area contributed by atoms with Crippen molar-refractivity contribution >= 4 is 18.0 Å². The van der Waals surface area contributed by atoms with E-state index in [-0.39, 0.29) is 22.8 Å². The lowest BCUT2D eigenvalue weighted by atomic mass is 10.1. The van der Waals surface area contributed by atoms with Gasteiger partial charge in [-0.05, 0) is 35.9 Å². The number of nitrogens with zero attached hydrogens (tertiary/aromatic N) is 3. The van der Waals surface area contributed by atoms with Gasteiger partial charge in [0.15, 0.2) is 5.69 Å². The first-order chi connectivity index (χ1) is 12.8. The normalized spacial score (nSPS) is 11.6. The van der Waals surface area contributed by atoms with E-state index in [1.165, 1.54) is 12.1 Å². The molecule has 2 heterocycles. The van der Waals surface area contributed by atoms with Crippen LogP contribution in [0, 0.1) is 11.3 Å². The molecule has 136 valence electrons. The number of anilines is 1. The number of aromatic amines is 1. The van der Waals surface area contributed by atoms with Crippen LogP contribution in [0.3, 0.4) is 0 Å². The number of benzene rings is 1. The number of aromatic nitrogens is 3. The number of nitrogens with two attached hydrogens (primary N) is 1. The summed E-state index contributed by atoms with van der Waals surface area (Å²) in [5.74, 6) is -0.183. The minimum Gasteiger partial charge on any atom is -0.384 e. The maximum Gasteiger partial charge on any atom is 0.416 e. The van der Waals surface area contributed by atoms with E-state index >= 15 is 0 Å². The first-order valence-electron chi connectivity index (χ1n) is 7.62. The molecule has 0 aliphatic carbocycles. The average Bonchev–Trinajstić information content (AvgIpc) is 3.13. The molecule has 0 radical (unpaired) electrons. The molecule has 1 aromatic carbocycles. The molecule has 0 unspecified atom stereocenters. The molecule has 0 bridgehead atoms. The second-order valence-electron chi connectivity index (χ2n) is 5.51. The van der Waals surface area contributed by atoms with Crippen LogP contribution >= 0.6 is 0 Å². The highest BCUT2D eigenvalue weighted by Gasteiger charge is 2.30. The topological polar surface area (TPSA) is 100 Å². The fourth-order valence-electron chi connectivity index (χ4n) is 2.49. The number of nitrogens with one attached hydrogen (secondary N) is 1. The molecule has 0 aliphatic rings. The second kappa shape index (κ2) is 6.84. The number of nitrogen functional groups attached to an aromatic ring is 1. The molecule has 27 heavy (non-hydrogen) atoms. The van der Waals surface area contributed by atoms with Gasteiger partial charge in [-0.15, -0.1) is 0 Å². The Labute approximate surface area is 151 Å². The summed E-state index contributed by atoms with van der Waals surface area (Å²) < 4.78 is 39.7. The van der Waals surface area contributed by atoms with Gasteiger partial charge in [0, 0.05) is 12.4 Å². The van der Waals surface area contributed by atoms with Gasteiger partial charge in [-0.1, -0.05) is 12.1 Å². The molecule has 9 heteroatoms. The molecule has 0 saturated carbocycles. The zero-order valence-electron chi connectivity index (χ0n) is 13.7. The summed E-state index contributed by atoms with van der Waals surface area (Å²) in [5, 5.41) is 9.23. The Morgan fingerprint density at radius 2 is 2.04 bits per heavy atom. The number of alkyl halides is 3. The van der Waals surface area contributed by atoms with E-state index in [1.807, 2.05) is 0 Å². The maximum atomic E-state index is 13.0. The van der Waals surface area contributed by atoms with Crippen LogP contribution in [-0.2, 0) is 6.18 Å².